The van der Waals surface area contributed by atoms with Crippen LogP contribution < -0.4 is 16.1 Å². The number of pyridine rings is 1. The second kappa shape index (κ2) is 9.68. The minimum atomic E-state index is -0.543. The first-order valence-electron chi connectivity index (χ1n) is 9.54. The lowest BCUT2D eigenvalue weighted by Gasteiger charge is -2.17. The van der Waals surface area contributed by atoms with Crippen LogP contribution in [0.5, 0.6) is 0 Å². The zero-order chi connectivity index (χ0) is 20.8. The summed E-state index contributed by atoms with van der Waals surface area (Å²) in [6, 6.07) is 1.78. The molecule has 6 nitrogen and oxygen atoms in total. The van der Waals surface area contributed by atoms with E-state index in [1.807, 2.05) is 51.4 Å². The molecule has 0 aromatic carbocycles. The molecule has 2 aromatic rings. The molecular weight excluding hydrogens is 374 g/mol. The third-order valence-corrected chi connectivity index (χ3v) is 4.80. The predicted octanol–water partition coefficient (Wildman–Crippen LogP) is 3.07. The Morgan fingerprint density at radius 3 is 2.14 bits per heavy atom. The van der Waals surface area contributed by atoms with Crippen molar-refractivity contribution in [3.05, 3.63) is 56.1 Å². The molecule has 28 heavy (non-hydrogen) atoms. The number of hydrogen-bond acceptors (Lipinski definition) is 4. The number of thiophene rings is 1. The Morgan fingerprint density at radius 2 is 1.64 bits per heavy atom. The Labute approximate surface area is 170 Å². The molecule has 0 unspecified atom stereocenters. The highest BCUT2D eigenvalue weighted by molar-refractivity contribution is 7.07. The van der Waals surface area contributed by atoms with Gasteiger partial charge in [0.15, 0.2) is 0 Å². The van der Waals surface area contributed by atoms with Gasteiger partial charge in [-0.2, -0.15) is 11.3 Å². The topological polar surface area (TPSA) is 80.2 Å². The van der Waals surface area contributed by atoms with Crippen LogP contribution in [0.4, 0.5) is 0 Å². The molecule has 2 rings (SSSR count). The fraction of sp³-hybridized carbons (Fsp3) is 0.476. The standard InChI is InChI=1S/C21H29N3O3S/c1-13(2)9-24-10-17(20(26)22-14(3)4)19(25)18(11-24)21(27)23-15(5)8-16-6-7-28-12-16/h6-7,10-15H,8-9H2,1-5H3,(H,22,26)(H,23,27)/t15-/m0/s1. The molecule has 2 amide bonds. The number of hydrogen-bond donors (Lipinski definition) is 2. The van der Waals surface area contributed by atoms with Crippen molar-refractivity contribution >= 4 is 23.2 Å². The van der Waals surface area contributed by atoms with Crippen molar-refractivity contribution in [2.75, 3.05) is 0 Å². The first-order chi connectivity index (χ1) is 13.2. The summed E-state index contributed by atoms with van der Waals surface area (Å²) in [7, 11) is 0. The number of amides is 2. The second-order valence-electron chi connectivity index (χ2n) is 7.84. The number of carbonyl (C=O) groups is 2. The third kappa shape index (κ3) is 6.05. The van der Waals surface area contributed by atoms with Crippen molar-refractivity contribution in [3.63, 3.8) is 0 Å². The van der Waals surface area contributed by atoms with Crippen LogP contribution in [0.3, 0.4) is 0 Å². The number of aromatic nitrogens is 1. The molecule has 0 aliphatic heterocycles. The smallest absolute Gasteiger partial charge is 0.256 e. The van der Waals surface area contributed by atoms with Crippen LogP contribution in [0.1, 0.15) is 60.9 Å². The highest BCUT2D eigenvalue weighted by atomic mass is 32.1. The van der Waals surface area contributed by atoms with Crippen molar-refractivity contribution in [1.82, 2.24) is 15.2 Å². The molecule has 2 aromatic heterocycles. The maximum absolute atomic E-state index is 12.8. The van der Waals surface area contributed by atoms with Crippen molar-refractivity contribution < 1.29 is 9.59 Å². The van der Waals surface area contributed by atoms with Gasteiger partial charge in [-0.15, -0.1) is 0 Å². The molecule has 0 aliphatic carbocycles. The molecule has 1 atom stereocenters. The Hall–Kier alpha value is -2.41. The minimum Gasteiger partial charge on any atom is -0.352 e. The van der Waals surface area contributed by atoms with Crippen LogP contribution in [-0.2, 0) is 13.0 Å². The summed E-state index contributed by atoms with van der Waals surface area (Å²) in [5, 5.41) is 9.65. The second-order valence-corrected chi connectivity index (χ2v) is 8.62. The fourth-order valence-electron chi connectivity index (χ4n) is 2.94. The first-order valence-corrected chi connectivity index (χ1v) is 10.5. The fourth-order valence-corrected chi connectivity index (χ4v) is 3.62. The molecular formula is C21H29N3O3S. The summed E-state index contributed by atoms with van der Waals surface area (Å²) in [4.78, 5) is 38.1. The Bertz CT molecular complexity index is 870. The van der Waals surface area contributed by atoms with Crippen LogP contribution in [0, 0.1) is 5.92 Å². The molecule has 0 saturated heterocycles. The van der Waals surface area contributed by atoms with Gasteiger partial charge < -0.3 is 15.2 Å². The van der Waals surface area contributed by atoms with E-state index in [-0.39, 0.29) is 23.2 Å². The lowest BCUT2D eigenvalue weighted by atomic mass is 10.1. The van der Waals surface area contributed by atoms with Crippen LogP contribution in [0.15, 0.2) is 34.0 Å². The van der Waals surface area contributed by atoms with Gasteiger partial charge >= 0.3 is 0 Å². The van der Waals surface area contributed by atoms with Crippen LogP contribution in [0.2, 0.25) is 0 Å². The van der Waals surface area contributed by atoms with E-state index in [0.717, 1.165) is 5.56 Å². The molecule has 2 heterocycles. The van der Waals surface area contributed by atoms with Crippen LogP contribution in [-0.4, -0.2) is 28.5 Å². The van der Waals surface area contributed by atoms with E-state index in [0.29, 0.717) is 18.9 Å². The highest BCUT2D eigenvalue weighted by Gasteiger charge is 2.21. The van der Waals surface area contributed by atoms with E-state index >= 15 is 0 Å². The largest absolute Gasteiger partial charge is 0.352 e. The molecule has 0 bridgehead atoms. The van der Waals surface area contributed by atoms with Gasteiger partial charge in [-0.1, -0.05) is 13.8 Å². The quantitative estimate of drug-likeness (QED) is 0.711. The summed E-state index contributed by atoms with van der Waals surface area (Å²) >= 11 is 1.61. The van der Waals surface area contributed by atoms with Crippen molar-refractivity contribution in [2.45, 2.75) is 59.7 Å². The summed E-state index contributed by atoms with van der Waals surface area (Å²) < 4.78 is 1.75. The Morgan fingerprint density at radius 1 is 1.04 bits per heavy atom. The molecule has 2 N–H and O–H groups in total. The van der Waals surface area contributed by atoms with E-state index in [2.05, 4.69) is 10.6 Å². The van der Waals surface area contributed by atoms with E-state index in [9.17, 15) is 14.4 Å². The zero-order valence-electron chi connectivity index (χ0n) is 17.1. The maximum Gasteiger partial charge on any atom is 0.256 e. The van der Waals surface area contributed by atoms with E-state index in [4.69, 9.17) is 0 Å². The lowest BCUT2D eigenvalue weighted by Crippen LogP contribution is -2.40. The monoisotopic (exact) mass is 403 g/mol. The molecule has 0 saturated carbocycles. The number of rotatable bonds is 8. The molecule has 0 spiro atoms. The summed E-state index contributed by atoms with van der Waals surface area (Å²) in [6.45, 7) is 10.2. The number of carbonyl (C=O) groups excluding carboxylic acids is 2. The van der Waals surface area contributed by atoms with Gasteiger partial charge in [0.1, 0.15) is 11.1 Å². The Balaban J connectivity index is 2.30. The average molecular weight is 404 g/mol. The van der Waals surface area contributed by atoms with Gasteiger partial charge in [0, 0.05) is 31.0 Å². The van der Waals surface area contributed by atoms with Gasteiger partial charge in [-0.05, 0) is 55.5 Å². The molecule has 0 fully saturated rings. The first kappa shape index (κ1) is 21.9. The average Bonchev–Trinajstić information content (AvgIpc) is 3.07. The van der Waals surface area contributed by atoms with Crippen LogP contribution >= 0.6 is 11.3 Å². The summed E-state index contributed by atoms with van der Waals surface area (Å²) in [5.74, 6) is -0.611. The van der Waals surface area contributed by atoms with E-state index in [1.54, 1.807) is 22.1 Å². The Kier molecular flexibility index (Phi) is 7.57. The van der Waals surface area contributed by atoms with Gasteiger partial charge in [0.2, 0.25) is 5.43 Å². The summed E-state index contributed by atoms with van der Waals surface area (Å²) in [6.07, 6.45) is 3.76. The van der Waals surface area contributed by atoms with Gasteiger partial charge in [0.05, 0.1) is 0 Å². The molecule has 0 radical (unpaired) electrons. The van der Waals surface area contributed by atoms with Gasteiger partial charge in [-0.25, -0.2) is 0 Å². The van der Waals surface area contributed by atoms with Crippen molar-refractivity contribution in [2.24, 2.45) is 5.92 Å². The molecule has 152 valence electrons. The highest BCUT2D eigenvalue weighted by Crippen LogP contribution is 2.09. The predicted molar refractivity (Wildman–Crippen MR) is 113 cm³/mol. The van der Waals surface area contributed by atoms with Crippen molar-refractivity contribution in [3.8, 4) is 0 Å². The normalized spacial score (nSPS) is 12.2. The summed E-state index contributed by atoms with van der Waals surface area (Å²) in [5.41, 5.74) is 0.584. The van der Waals surface area contributed by atoms with E-state index in [1.165, 1.54) is 6.20 Å². The lowest BCUT2D eigenvalue weighted by molar-refractivity contribution is 0.0938. The minimum absolute atomic E-state index is 0.00535. The van der Waals surface area contributed by atoms with Crippen LogP contribution in [0.25, 0.3) is 0 Å². The van der Waals surface area contributed by atoms with Gasteiger partial charge in [0.25, 0.3) is 11.8 Å². The number of nitrogens with zero attached hydrogens (tertiary/aromatic N) is 1. The zero-order valence-corrected chi connectivity index (χ0v) is 17.9. The number of nitrogens with one attached hydrogen (secondary N) is 2. The maximum atomic E-state index is 12.8. The van der Waals surface area contributed by atoms with Crippen molar-refractivity contribution in [1.29, 1.82) is 0 Å². The van der Waals surface area contributed by atoms with Gasteiger partial charge in [-0.3, -0.25) is 14.4 Å². The SMILES string of the molecule is CC(C)Cn1cc(C(=O)NC(C)C)c(=O)c(C(=O)N[C@@H](C)Cc2ccsc2)c1. The van der Waals surface area contributed by atoms with E-state index < -0.39 is 17.2 Å². The molecule has 0 aliphatic rings. The third-order valence-electron chi connectivity index (χ3n) is 4.06. The molecule has 7 heteroatoms.